The molecule has 0 aromatic heterocycles. The van der Waals surface area contributed by atoms with E-state index in [9.17, 15) is 19.5 Å². The quantitative estimate of drug-likeness (QED) is 0.447. The molecule has 7 rings (SSSR count). The lowest BCUT2D eigenvalue weighted by molar-refractivity contribution is -0.144. The number of benzene rings is 3. The minimum absolute atomic E-state index is 0.0285. The average Bonchev–Trinajstić information content (AvgIpc) is 3.06. The van der Waals surface area contributed by atoms with Gasteiger partial charge in [0.15, 0.2) is 0 Å². The van der Waals surface area contributed by atoms with Gasteiger partial charge in [-0.2, -0.15) is 0 Å². The van der Waals surface area contributed by atoms with E-state index in [0.29, 0.717) is 82.3 Å². The molecule has 8 bridgehead atoms. The van der Waals surface area contributed by atoms with Crippen LogP contribution >= 0.6 is 0 Å². The van der Waals surface area contributed by atoms with Gasteiger partial charge in [0.05, 0.1) is 18.2 Å². The van der Waals surface area contributed by atoms with Gasteiger partial charge in [-0.25, -0.2) is 0 Å². The third kappa shape index (κ3) is 6.76. The Hall–Kier alpha value is -4.57. The van der Waals surface area contributed by atoms with Gasteiger partial charge in [-0.3, -0.25) is 14.4 Å². The SMILES string of the molecule is CCOCC(=O)N1CCC(C(=O)N2CCc3cc4ccc3C2c2cccc(c2)OCCCNC(=O)c2cc(ccc2O)O4)CC1. The number of aromatic hydroxyl groups is 1. The molecule has 45 heavy (non-hydrogen) atoms. The maximum Gasteiger partial charge on any atom is 0.255 e. The molecule has 0 radical (unpaired) electrons. The molecule has 4 heterocycles. The van der Waals surface area contributed by atoms with Crippen molar-refractivity contribution in [1.29, 1.82) is 0 Å². The smallest absolute Gasteiger partial charge is 0.255 e. The molecule has 0 aliphatic carbocycles. The van der Waals surface area contributed by atoms with Gasteiger partial charge >= 0.3 is 0 Å². The zero-order valence-corrected chi connectivity index (χ0v) is 25.5. The van der Waals surface area contributed by atoms with Crippen molar-refractivity contribution in [2.45, 2.75) is 38.6 Å². The first-order chi connectivity index (χ1) is 21.9. The largest absolute Gasteiger partial charge is 0.507 e. The van der Waals surface area contributed by atoms with E-state index in [0.717, 1.165) is 16.7 Å². The van der Waals surface area contributed by atoms with Gasteiger partial charge in [-0.1, -0.05) is 18.2 Å². The number of phenolic OH excluding ortho intramolecular Hbond substituents is 1. The summed E-state index contributed by atoms with van der Waals surface area (Å²) in [7, 11) is 0. The molecule has 0 saturated carbocycles. The highest BCUT2D eigenvalue weighted by atomic mass is 16.5. The summed E-state index contributed by atoms with van der Waals surface area (Å²) in [5.41, 5.74) is 3.19. The predicted octanol–water partition coefficient (Wildman–Crippen LogP) is 4.45. The van der Waals surface area contributed by atoms with Crippen LogP contribution in [0.1, 0.15) is 59.3 Å². The second-order valence-electron chi connectivity index (χ2n) is 11.6. The van der Waals surface area contributed by atoms with E-state index in [-0.39, 0.29) is 47.6 Å². The van der Waals surface area contributed by atoms with Gasteiger partial charge in [-0.15, -0.1) is 0 Å². The van der Waals surface area contributed by atoms with E-state index in [1.807, 2.05) is 54.3 Å². The van der Waals surface area contributed by atoms with Crippen LogP contribution in [0.15, 0.2) is 60.7 Å². The number of amides is 3. The lowest BCUT2D eigenvalue weighted by Crippen LogP contribution is -2.48. The molecule has 1 saturated heterocycles. The second kappa shape index (κ2) is 13.6. The van der Waals surface area contributed by atoms with Gasteiger partial charge in [0.1, 0.15) is 29.6 Å². The Kier molecular flexibility index (Phi) is 9.21. The van der Waals surface area contributed by atoms with E-state index in [1.54, 1.807) is 11.0 Å². The lowest BCUT2D eigenvalue weighted by Gasteiger charge is -2.41. The Bertz CT molecular complexity index is 1570. The first kappa shape index (κ1) is 30.5. The van der Waals surface area contributed by atoms with E-state index >= 15 is 0 Å². The van der Waals surface area contributed by atoms with Crippen LogP contribution in [0.25, 0.3) is 0 Å². The topological polar surface area (TPSA) is 118 Å². The van der Waals surface area contributed by atoms with Crippen LogP contribution in [0.3, 0.4) is 0 Å². The van der Waals surface area contributed by atoms with Crippen LogP contribution in [0, 0.1) is 5.92 Å². The van der Waals surface area contributed by atoms with Gasteiger partial charge < -0.3 is 34.4 Å². The molecule has 4 aliphatic rings. The molecule has 2 N–H and O–H groups in total. The Morgan fingerprint density at radius 1 is 1.00 bits per heavy atom. The maximum atomic E-state index is 14.2. The first-order valence-electron chi connectivity index (χ1n) is 15.7. The van der Waals surface area contributed by atoms with Crippen molar-refractivity contribution in [2.75, 3.05) is 46.0 Å². The number of nitrogens with zero attached hydrogens (tertiary/aromatic N) is 2. The number of nitrogens with one attached hydrogen (secondary N) is 1. The Labute approximate surface area is 262 Å². The summed E-state index contributed by atoms with van der Waals surface area (Å²) in [5.74, 6) is 1.12. The molecule has 1 unspecified atom stereocenters. The van der Waals surface area contributed by atoms with Crippen molar-refractivity contribution in [3.8, 4) is 23.0 Å². The lowest BCUT2D eigenvalue weighted by atomic mass is 9.85. The molecular weight excluding hydrogens is 574 g/mol. The van der Waals surface area contributed by atoms with Crippen molar-refractivity contribution >= 4 is 17.7 Å². The predicted molar refractivity (Wildman–Crippen MR) is 167 cm³/mol. The maximum absolute atomic E-state index is 14.2. The highest BCUT2D eigenvalue weighted by Crippen LogP contribution is 2.40. The first-order valence-corrected chi connectivity index (χ1v) is 15.7. The molecule has 1 fully saturated rings. The highest BCUT2D eigenvalue weighted by molar-refractivity contribution is 5.97. The van der Waals surface area contributed by atoms with Gasteiger partial charge in [0, 0.05) is 38.7 Å². The van der Waals surface area contributed by atoms with Crippen molar-refractivity contribution < 1.29 is 33.7 Å². The number of hydrogen-bond donors (Lipinski definition) is 2. The Morgan fingerprint density at radius 2 is 1.80 bits per heavy atom. The highest BCUT2D eigenvalue weighted by Gasteiger charge is 2.37. The van der Waals surface area contributed by atoms with Crippen LogP contribution in [-0.2, 0) is 20.7 Å². The molecular formula is C35H39N3O7. The van der Waals surface area contributed by atoms with Gasteiger partial charge in [0.2, 0.25) is 11.8 Å². The molecule has 3 aromatic rings. The zero-order valence-electron chi connectivity index (χ0n) is 25.5. The number of rotatable bonds is 4. The average molecular weight is 614 g/mol. The summed E-state index contributed by atoms with van der Waals surface area (Å²) >= 11 is 0. The number of likely N-dealkylation sites (tertiary alicyclic amines) is 1. The number of carbonyl (C=O) groups is 3. The van der Waals surface area contributed by atoms with Crippen LogP contribution in [-0.4, -0.2) is 78.6 Å². The van der Waals surface area contributed by atoms with Crippen LogP contribution in [0.4, 0.5) is 0 Å². The summed E-state index contributed by atoms with van der Waals surface area (Å²) in [6.45, 7) is 4.81. The monoisotopic (exact) mass is 613 g/mol. The third-order valence-corrected chi connectivity index (χ3v) is 8.75. The van der Waals surface area contributed by atoms with Crippen molar-refractivity contribution in [3.05, 3.63) is 82.9 Å². The van der Waals surface area contributed by atoms with E-state index < -0.39 is 0 Å². The molecule has 3 amide bonds. The molecule has 10 heteroatoms. The molecule has 236 valence electrons. The van der Waals surface area contributed by atoms with Crippen LogP contribution in [0.5, 0.6) is 23.0 Å². The summed E-state index contributed by atoms with van der Waals surface area (Å²) in [6, 6.07) is 18.0. The number of hydrogen-bond acceptors (Lipinski definition) is 7. The van der Waals surface area contributed by atoms with Crippen molar-refractivity contribution in [2.24, 2.45) is 5.92 Å². The number of ether oxygens (including phenoxy) is 3. The number of carbonyl (C=O) groups excluding carboxylic acids is 3. The van der Waals surface area contributed by atoms with Crippen molar-refractivity contribution in [1.82, 2.24) is 15.1 Å². The van der Waals surface area contributed by atoms with Crippen LogP contribution in [0.2, 0.25) is 0 Å². The van der Waals surface area contributed by atoms with Crippen molar-refractivity contribution in [3.63, 3.8) is 0 Å². The molecule has 1 atom stereocenters. The molecule has 3 aromatic carbocycles. The molecule has 10 nitrogen and oxygen atoms in total. The number of fused-ring (bicyclic) bond motifs is 6. The summed E-state index contributed by atoms with van der Waals surface area (Å²) in [4.78, 5) is 43.2. The Morgan fingerprint density at radius 3 is 2.62 bits per heavy atom. The minimum Gasteiger partial charge on any atom is -0.507 e. The Balaban J connectivity index is 1.30. The summed E-state index contributed by atoms with van der Waals surface area (Å²) in [6.07, 6.45) is 2.46. The fraction of sp³-hybridized carbons (Fsp3) is 0.400. The number of piperidine rings is 1. The second-order valence-corrected chi connectivity index (χ2v) is 11.6. The zero-order chi connectivity index (χ0) is 31.3. The van der Waals surface area contributed by atoms with Crippen LogP contribution < -0.4 is 14.8 Å². The fourth-order valence-electron chi connectivity index (χ4n) is 6.39. The summed E-state index contributed by atoms with van der Waals surface area (Å²) < 4.78 is 17.5. The fourth-order valence-corrected chi connectivity index (χ4v) is 6.39. The van der Waals surface area contributed by atoms with Gasteiger partial charge in [0.25, 0.3) is 5.91 Å². The van der Waals surface area contributed by atoms with E-state index in [4.69, 9.17) is 14.2 Å². The standard InChI is InChI=1S/C35H39N3O7/c1-2-43-22-32(40)37-15-11-23(12-16-37)35(42)38-17-13-24-19-27-7-9-29(24)33(38)25-5-3-6-26(20-25)44-18-4-14-36-34(41)30-21-28(45-27)8-10-31(30)39/h3,5-10,19-21,23,33,39H,2,4,11-18,22H2,1H3,(H,36,41). The third-order valence-electron chi connectivity index (χ3n) is 8.75. The molecule has 4 aliphatic heterocycles. The number of phenols is 1. The minimum atomic E-state index is -0.387. The van der Waals surface area contributed by atoms with E-state index in [1.165, 1.54) is 12.1 Å². The van der Waals surface area contributed by atoms with Gasteiger partial charge in [-0.05, 0) is 91.8 Å². The normalized spacial score (nSPS) is 18.7. The molecule has 0 spiro atoms. The summed E-state index contributed by atoms with van der Waals surface area (Å²) in [5, 5.41) is 13.2. The van der Waals surface area contributed by atoms with E-state index in [2.05, 4.69) is 5.32 Å².